The van der Waals surface area contributed by atoms with E-state index in [2.05, 4.69) is 17.6 Å². The van der Waals surface area contributed by atoms with E-state index in [0.717, 1.165) is 6.42 Å². The molecule has 0 nitrogen and oxygen atoms in total. The summed E-state index contributed by atoms with van der Waals surface area (Å²) in [5.74, 6) is 0. The molecule has 0 spiro atoms. The van der Waals surface area contributed by atoms with Crippen molar-refractivity contribution in [1.82, 2.24) is 0 Å². The van der Waals surface area contributed by atoms with Crippen LogP contribution in [0, 0.1) is 0 Å². The molecule has 0 rings (SSSR count). The fraction of sp³-hybridized carbons (Fsp3) is 0.600. The summed E-state index contributed by atoms with van der Waals surface area (Å²) in [7, 11) is 0. The molecule has 1 heteroatoms. The molecule has 0 saturated heterocycles. The molecule has 0 atom stereocenters. The van der Waals surface area contributed by atoms with Gasteiger partial charge in [0.25, 0.3) is 0 Å². The van der Waals surface area contributed by atoms with Crippen molar-refractivity contribution in [1.29, 1.82) is 0 Å². The quantitative estimate of drug-likeness (QED) is 0.422. The summed E-state index contributed by atoms with van der Waals surface area (Å²) in [6.45, 7) is 4.23. The van der Waals surface area contributed by atoms with Gasteiger partial charge in [0.15, 0.2) is 0 Å². The molecule has 0 aliphatic rings. The van der Waals surface area contributed by atoms with Gasteiger partial charge in [0, 0.05) is 0 Å². The van der Waals surface area contributed by atoms with Crippen LogP contribution in [0.2, 0.25) is 0 Å². The molecule has 0 fully saturated rings. The van der Waals surface area contributed by atoms with Crippen LogP contribution in [-0.2, 0) is 0 Å². The summed E-state index contributed by atoms with van der Waals surface area (Å²) in [6, 6.07) is 0. The maximum atomic E-state index is 3.06. The average molecular weight is 92.4 g/mol. The van der Waals surface area contributed by atoms with E-state index in [-0.39, 0.29) is 0 Å². The van der Waals surface area contributed by atoms with Crippen LogP contribution in [0.3, 0.4) is 0 Å². The summed E-state index contributed by atoms with van der Waals surface area (Å²) < 4.78 is 3.06. The van der Waals surface area contributed by atoms with E-state index in [9.17, 15) is 0 Å². The number of rotatable bonds is 1. The summed E-state index contributed by atoms with van der Waals surface area (Å²) in [6.07, 6.45) is 1.14. The monoisotopic (exact) mass is 92.0 g/mol. The molecule has 0 aromatic heterocycles. The molecule has 0 saturated carbocycles. The fourth-order valence-electron chi connectivity index (χ4n) is 0.125. The van der Waals surface area contributed by atoms with Crippen molar-refractivity contribution < 1.29 is 0 Å². The van der Waals surface area contributed by atoms with Gasteiger partial charge in [-0.05, 0) is 0 Å². The SMILES string of the molecule is CCC(C)=[C]=[Mg]. The Kier molecular flexibility index (Phi) is 3.85. The van der Waals surface area contributed by atoms with Crippen molar-refractivity contribution in [3.8, 4) is 0 Å². The van der Waals surface area contributed by atoms with Gasteiger partial charge in [-0.1, -0.05) is 0 Å². The van der Waals surface area contributed by atoms with Crippen LogP contribution in [0.15, 0.2) is 5.57 Å². The third-order valence-corrected chi connectivity index (χ3v) is 1.44. The first-order chi connectivity index (χ1) is 2.81. The maximum absolute atomic E-state index is 3.06. The Balaban J connectivity index is 3.52. The Hall–Kier alpha value is 0.416. The Morgan fingerprint density at radius 1 is 1.83 bits per heavy atom. The van der Waals surface area contributed by atoms with Crippen LogP contribution in [0.1, 0.15) is 20.3 Å². The normalized spacial score (nSPS) is 7.33. The molecule has 0 N–H and O–H groups in total. The summed E-state index contributed by atoms with van der Waals surface area (Å²) in [5.41, 5.74) is 1.35. The molecule has 0 radical (unpaired) electrons. The van der Waals surface area contributed by atoms with Gasteiger partial charge in [-0.3, -0.25) is 0 Å². The van der Waals surface area contributed by atoms with Crippen LogP contribution in [0.4, 0.5) is 0 Å². The average Bonchev–Trinajstić information content (AvgIpc) is 1.65. The molecule has 0 aromatic carbocycles. The number of allylic oxidation sites excluding steroid dienone is 1. The van der Waals surface area contributed by atoms with Crippen LogP contribution in [-0.4, -0.2) is 25.0 Å². The molecule has 6 heavy (non-hydrogen) atoms. The molecular formula is C5H8Mg. The Labute approximate surface area is 51.2 Å². The molecule has 0 aromatic rings. The fourth-order valence-corrected chi connectivity index (χ4v) is 0.375. The van der Waals surface area contributed by atoms with Gasteiger partial charge in [0.1, 0.15) is 0 Å². The Morgan fingerprint density at radius 2 is 2.33 bits per heavy atom. The minimum atomic E-state index is 1.14. The standard InChI is InChI=1S/C5H8.Mg/c1-4-5(2)3;/h4H2,1-2H3;. The van der Waals surface area contributed by atoms with Crippen molar-refractivity contribution in [2.24, 2.45) is 0 Å². The molecule has 0 bridgehead atoms. The predicted molar refractivity (Wildman–Crippen MR) is 30.2 cm³/mol. The van der Waals surface area contributed by atoms with Crippen molar-refractivity contribution in [2.75, 3.05) is 0 Å². The zero-order chi connectivity index (χ0) is 4.99. The van der Waals surface area contributed by atoms with Gasteiger partial charge in [0.05, 0.1) is 0 Å². The topological polar surface area (TPSA) is 0 Å². The molecule has 0 unspecified atom stereocenters. The number of hydrogen-bond acceptors (Lipinski definition) is 0. The second kappa shape index (κ2) is 3.60. The van der Waals surface area contributed by atoms with Crippen LogP contribution >= 0.6 is 0 Å². The van der Waals surface area contributed by atoms with Gasteiger partial charge in [0.2, 0.25) is 0 Å². The second-order valence-corrected chi connectivity index (χ2v) is 1.66. The van der Waals surface area contributed by atoms with E-state index in [1.54, 1.807) is 21.2 Å². The molecule has 0 aliphatic carbocycles. The second-order valence-electron chi connectivity index (χ2n) is 1.31. The third kappa shape index (κ3) is 2.64. The first-order valence-electron chi connectivity index (χ1n) is 2.16. The molecule has 30 valence electrons. The first kappa shape index (κ1) is 6.42. The number of hydrogen-bond donors (Lipinski definition) is 0. The van der Waals surface area contributed by atoms with Crippen molar-refractivity contribution in [3.63, 3.8) is 0 Å². The van der Waals surface area contributed by atoms with Crippen molar-refractivity contribution >= 4 is 25.0 Å². The minimum absolute atomic E-state index is 1.14. The molecule has 0 aliphatic heterocycles. The van der Waals surface area contributed by atoms with Gasteiger partial charge in [-0.25, -0.2) is 0 Å². The summed E-state index contributed by atoms with van der Waals surface area (Å²) in [4.78, 5) is 0. The van der Waals surface area contributed by atoms with E-state index in [1.165, 1.54) is 5.57 Å². The first-order valence-corrected chi connectivity index (χ1v) is 2.87. The summed E-state index contributed by atoms with van der Waals surface area (Å²) in [5, 5.41) is 0. The van der Waals surface area contributed by atoms with Crippen LogP contribution in [0.25, 0.3) is 0 Å². The molecule has 0 heterocycles. The van der Waals surface area contributed by atoms with Gasteiger partial charge in [-0.15, -0.1) is 0 Å². The van der Waals surface area contributed by atoms with Gasteiger partial charge < -0.3 is 0 Å². The van der Waals surface area contributed by atoms with Gasteiger partial charge >= 0.3 is 50.9 Å². The third-order valence-electron chi connectivity index (χ3n) is 0.832. The molecular weight excluding hydrogens is 84.4 g/mol. The van der Waals surface area contributed by atoms with Crippen molar-refractivity contribution in [2.45, 2.75) is 20.3 Å². The van der Waals surface area contributed by atoms with Crippen LogP contribution in [0.5, 0.6) is 0 Å². The van der Waals surface area contributed by atoms with E-state index in [4.69, 9.17) is 0 Å². The zero-order valence-electron chi connectivity index (χ0n) is 4.41. The van der Waals surface area contributed by atoms with E-state index in [1.807, 2.05) is 0 Å². The predicted octanol–water partition coefficient (Wildman–Crippen LogP) is 0.912. The van der Waals surface area contributed by atoms with Gasteiger partial charge in [-0.2, -0.15) is 0 Å². The van der Waals surface area contributed by atoms with Crippen molar-refractivity contribution in [3.05, 3.63) is 5.57 Å². The van der Waals surface area contributed by atoms with E-state index < -0.39 is 0 Å². The Bertz CT molecular complexity index is 77.9. The molecule has 0 amide bonds. The van der Waals surface area contributed by atoms with E-state index in [0.29, 0.717) is 0 Å². The van der Waals surface area contributed by atoms with Crippen LogP contribution < -0.4 is 0 Å². The Morgan fingerprint density at radius 3 is 2.33 bits per heavy atom. The van der Waals surface area contributed by atoms with E-state index >= 15 is 0 Å². The summed E-state index contributed by atoms with van der Waals surface area (Å²) >= 11 is 1.77. The zero-order valence-corrected chi connectivity index (χ0v) is 5.83.